The summed E-state index contributed by atoms with van der Waals surface area (Å²) in [6.07, 6.45) is 2.17. The zero-order valence-corrected chi connectivity index (χ0v) is 11.8. The number of hydrogen-bond acceptors (Lipinski definition) is 4. The number of aliphatic carboxylic acids is 1. The standard InChI is InChI=1S/C15H18O5/c1-15(2,20-14(18)9-8-13(16)17)10-11-4-6-12(19-3)7-5-11/h4-9H,10H2,1-3H3,(H,16,17)/b9-8-. The minimum Gasteiger partial charge on any atom is -0.497 e. The molecule has 1 aromatic carbocycles. The average molecular weight is 278 g/mol. The van der Waals surface area contributed by atoms with Gasteiger partial charge in [-0.25, -0.2) is 9.59 Å². The predicted octanol–water partition coefficient (Wildman–Crippen LogP) is 2.20. The lowest BCUT2D eigenvalue weighted by molar-refractivity contribution is -0.150. The molecular weight excluding hydrogens is 260 g/mol. The Morgan fingerprint density at radius 3 is 2.30 bits per heavy atom. The summed E-state index contributed by atoms with van der Waals surface area (Å²) in [5.41, 5.74) is 0.264. The molecule has 1 rings (SSSR count). The molecule has 5 nitrogen and oxygen atoms in total. The fourth-order valence-corrected chi connectivity index (χ4v) is 1.72. The monoisotopic (exact) mass is 278 g/mol. The van der Waals surface area contributed by atoms with Crippen LogP contribution in [0.25, 0.3) is 0 Å². The number of carbonyl (C=O) groups excluding carboxylic acids is 1. The lowest BCUT2D eigenvalue weighted by Crippen LogP contribution is -2.30. The number of carboxylic acid groups (broad SMARTS) is 1. The zero-order chi connectivity index (χ0) is 15.2. The van der Waals surface area contributed by atoms with Crippen molar-refractivity contribution in [3.8, 4) is 5.75 Å². The van der Waals surface area contributed by atoms with Crippen molar-refractivity contribution < 1.29 is 24.2 Å². The summed E-state index contributed by atoms with van der Waals surface area (Å²) >= 11 is 0. The van der Waals surface area contributed by atoms with Crippen LogP contribution in [-0.2, 0) is 20.7 Å². The molecule has 1 N–H and O–H groups in total. The van der Waals surface area contributed by atoms with Crippen LogP contribution in [0.1, 0.15) is 19.4 Å². The molecular formula is C15H18O5. The van der Waals surface area contributed by atoms with Gasteiger partial charge in [0.25, 0.3) is 0 Å². The van der Waals surface area contributed by atoms with Crippen LogP contribution in [0.3, 0.4) is 0 Å². The fraction of sp³-hybridized carbons (Fsp3) is 0.333. The molecule has 1 aromatic rings. The van der Waals surface area contributed by atoms with E-state index in [0.717, 1.165) is 23.5 Å². The Morgan fingerprint density at radius 1 is 1.20 bits per heavy atom. The van der Waals surface area contributed by atoms with Gasteiger partial charge in [-0.2, -0.15) is 0 Å². The van der Waals surface area contributed by atoms with Crippen molar-refractivity contribution in [3.05, 3.63) is 42.0 Å². The number of methoxy groups -OCH3 is 1. The van der Waals surface area contributed by atoms with Gasteiger partial charge in [0, 0.05) is 18.6 Å². The Kier molecular flexibility index (Phi) is 5.32. The maximum Gasteiger partial charge on any atom is 0.331 e. The van der Waals surface area contributed by atoms with Gasteiger partial charge in [-0.15, -0.1) is 0 Å². The van der Waals surface area contributed by atoms with E-state index in [0.29, 0.717) is 6.42 Å². The van der Waals surface area contributed by atoms with Crippen molar-refractivity contribution in [3.63, 3.8) is 0 Å². The van der Waals surface area contributed by atoms with Crippen LogP contribution in [0.4, 0.5) is 0 Å². The fourth-order valence-electron chi connectivity index (χ4n) is 1.72. The molecule has 0 aromatic heterocycles. The second-order valence-electron chi connectivity index (χ2n) is 4.88. The first-order valence-electron chi connectivity index (χ1n) is 6.09. The molecule has 5 heteroatoms. The van der Waals surface area contributed by atoms with Crippen LogP contribution in [0, 0.1) is 0 Å². The molecule has 0 heterocycles. The van der Waals surface area contributed by atoms with Crippen molar-refractivity contribution in [1.82, 2.24) is 0 Å². The van der Waals surface area contributed by atoms with Crippen LogP contribution in [-0.4, -0.2) is 29.8 Å². The molecule has 0 unspecified atom stereocenters. The zero-order valence-electron chi connectivity index (χ0n) is 11.8. The molecule has 108 valence electrons. The third kappa shape index (κ3) is 5.56. The largest absolute Gasteiger partial charge is 0.497 e. The SMILES string of the molecule is COc1ccc(CC(C)(C)OC(=O)/C=C\C(=O)O)cc1. The van der Waals surface area contributed by atoms with E-state index in [1.165, 1.54) is 0 Å². The van der Waals surface area contributed by atoms with Crippen molar-refractivity contribution in [1.29, 1.82) is 0 Å². The van der Waals surface area contributed by atoms with Gasteiger partial charge in [-0.3, -0.25) is 0 Å². The first-order valence-corrected chi connectivity index (χ1v) is 6.09. The van der Waals surface area contributed by atoms with Crippen LogP contribution in [0.15, 0.2) is 36.4 Å². The molecule has 20 heavy (non-hydrogen) atoms. The van der Waals surface area contributed by atoms with E-state index in [9.17, 15) is 9.59 Å². The molecule has 0 bridgehead atoms. The number of esters is 1. The minimum atomic E-state index is -1.19. The van der Waals surface area contributed by atoms with E-state index in [1.807, 2.05) is 24.3 Å². The summed E-state index contributed by atoms with van der Waals surface area (Å²) in [5.74, 6) is -1.10. The molecule has 0 aliphatic carbocycles. The topological polar surface area (TPSA) is 72.8 Å². The minimum absolute atomic E-state index is 0.518. The molecule has 0 spiro atoms. The highest BCUT2D eigenvalue weighted by Crippen LogP contribution is 2.19. The molecule has 0 atom stereocenters. The van der Waals surface area contributed by atoms with Gasteiger partial charge in [0.1, 0.15) is 11.4 Å². The summed E-state index contributed by atoms with van der Waals surface area (Å²) < 4.78 is 10.3. The van der Waals surface area contributed by atoms with E-state index in [-0.39, 0.29) is 0 Å². The normalized spacial score (nSPS) is 11.3. The van der Waals surface area contributed by atoms with E-state index in [4.69, 9.17) is 14.6 Å². The van der Waals surface area contributed by atoms with Gasteiger partial charge in [-0.1, -0.05) is 12.1 Å². The van der Waals surface area contributed by atoms with Gasteiger partial charge in [0.15, 0.2) is 0 Å². The van der Waals surface area contributed by atoms with Gasteiger partial charge in [0.05, 0.1) is 7.11 Å². The summed E-state index contributed by atoms with van der Waals surface area (Å²) in [6, 6.07) is 7.44. The van der Waals surface area contributed by atoms with E-state index in [1.54, 1.807) is 21.0 Å². The maximum absolute atomic E-state index is 11.5. The Labute approximate surface area is 117 Å². The Balaban J connectivity index is 2.63. The second kappa shape index (κ2) is 6.75. The van der Waals surface area contributed by atoms with E-state index in [2.05, 4.69) is 0 Å². The first kappa shape index (κ1) is 15.8. The van der Waals surface area contributed by atoms with Gasteiger partial charge >= 0.3 is 11.9 Å². The number of carboxylic acids is 1. The van der Waals surface area contributed by atoms with Gasteiger partial charge in [-0.05, 0) is 31.5 Å². The van der Waals surface area contributed by atoms with Crippen LogP contribution in [0.5, 0.6) is 5.75 Å². The molecule has 0 saturated heterocycles. The van der Waals surface area contributed by atoms with Crippen molar-refractivity contribution in [2.45, 2.75) is 25.9 Å². The Morgan fingerprint density at radius 2 is 1.80 bits per heavy atom. The quantitative estimate of drug-likeness (QED) is 0.638. The number of rotatable bonds is 6. The Hall–Kier alpha value is -2.30. The third-order valence-electron chi connectivity index (χ3n) is 2.53. The Bertz CT molecular complexity index is 500. The lowest BCUT2D eigenvalue weighted by Gasteiger charge is -2.24. The summed E-state index contributed by atoms with van der Waals surface area (Å²) in [4.78, 5) is 21.8. The molecule has 0 amide bonds. The van der Waals surface area contributed by atoms with E-state index >= 15 is 0 Å². The molecule has 0 aliphatic rings. The lowest BCUT2D eigenvalue weighted by atomic mass is 9.98. The van der Waals surface area contributed by atoms with Crippen LogP contribution < -0.4 is 4.74 Å². The highest BCUT2D eigenvalue weighted by Gasteiger charge is 2.22. The second-order valence-corrected chi connectivity index (χ2v) is 4.88. The number of benzene rings is 1. The summed E-state index contributed by atoms with van der Waals surface area (Å²) in [7, 11) is 1.59. The van der Waals surface area contributed by atoms with Crippen LogP contribution in [0.2, 0.25) is 0 Å². The highest BCUT2D eigenvalue weighted by molar-refractivity contribution is 5.90. The third-order valence-corrected chi connectivity index (χ3v) is 2.53. The van der Waals surface area contributed by atoms with E-state index < -0.39 is 17.5 Å². The summed E-state index contributed by atoms with van der Waals surface area (Å²) in [6.45, 7) is 3.54. The molecule has 0 saturated carbocycles. The number of ether oxygens (including phenoxy) is 2. The van der Waals surface area contributed by atoms with Gasteiger partial charge in [0.2, 0.25) is 0 Å². The predicted molar refractivity (Wildman–Crippen MR) is 73.6 cm³/mol. The maximum atomic E-state index is 11.5. The first-order chi connectivity index (χ1) is 9.32. The summed E-state index contributed by atoms with van der Waals surface area (Å²) in [5, 5.41) is 8.44. The molecule has 0 radical (unpaired) electrons. The van der Waals surface area contributed by atoms with Crippen molar-refractivity contribution in [2.75, 3.05) is 7.11 Å². The smallest absolute Gasteiger partial charge is 0.331 e. The molecule has 0 fully saturated rings. The van der Waals surface area contributed by atoms with Crippen LogP contribution >= 0.6 is 0 Å². The van der Waals surface area contributed by atoms with Crippen molar-refractivity contribution in [2.24, 2.45) is 0 Å². The highest BCUT2D eigenvalue weighted by atomic mass is 16.6. The average Bonchev–Trinajstić information content (AvgIpc) is 2.36. The number of carbonyl (C=O) groups is 2. The van der Waals surface area contributed by atoms with Gasteiger partial charge < -0.3 is 14.6 Å². The molecule has 0 aliphatic heterocycles. The van der Waals surface area contributed by atoms with Crippen molar-refractivity contribution >= 4 is 11.9 Å². The number of hydrogen-bond donors (Lipinski definition) is 1.